The van der Waals surface area contributed by atoms with E-state index in [0.29, 0.717) is 12.5 Å². The van der Waals surface area contributed by atoms with Gasteiger partial charge in [0.1, 0.15) is 5.82 Å². The van der Waals surface area contributed by atoms with Crippen LogP contribution in [-0.4, -0.2) is 46.3 Å². The van der Waals surface area contributed by atoms with Gasteiger partial charge in [-0.25, -0.2) is 4.98 Å². The van der Waals surface area contributed by atoms with Crippen molar-refractivity contribution in [1.29, 1.82) is 0 Å². The Morgan fingerprint density at radius 3 is 2.94 bits per heavy atom. The quantitative estimate of drug-likeness (QED) is 0.866. The average molecular weight is 249 g/mol. The first-order chi connectivity index (χ1) is 8.74. The summed E-state index contributed by atoms with van der Waals surface area (Å²) in [6.45, 7) is 3.69. The van der Waals surface area contributed by atoms with Gasteiger partial charge < -0.3 is 14.6 Å². The van der Waals surface area contributed by atoms with Crippen LogP contribution in [0, 0.1) is 11.8 Å². The summed E-state index contributed by atoms with van der Waals surface area (Å²) in [6.07, 6.45) is 6.75. The minimum absolute atomic E-state index is 0.306. The summed E-state index contributed by atoms with van der Waals surface area (Å²) in [6, 6.07) is 0. The number of rotatable bonds is 3. The molecule has 0 saturated carbocycles. The van der Waals surface area contributed by atoms with Gasteiger partial charge in [-0.15, -0.1) is 0 Å². The zero-order valence-electron chi connectivity index (χ0n) is 11.2. The molecule has 0 radical (unpaired) electrons. The Morgan fingerprint density at radius 1 is 1.33 bits per heavy atom. The van der Waals surface area contributed by atoms with E-state index in [2.05, 4.69) is 22.7 Å². The van der Waals surface area contributed by atoms with Gasteiger partial charge in [-0.1, -0.05) is 0 Å². The molecule has 2 atom stereocenters. The fraction of sp³-hybridized carbons (Fsp3) is 0.786. The van der Waals surface area contributed by atoms with Gasteiger partial charge in [0, 0.05) is 38.2 Å². The molecule has 100 valence electrons. The molecule has 0 aliphatic carbocycles. The lowest BCUT2D eigenvalue weighted by atomic mass is 10.0. The number of fused-ring (bicyclic) bond motifs is 1. The SMILES string of the molecule is CN1CCC(Cc2cn3c(n2)CCC(CO)C3)C1. The number of imidazole rings is 1. The lowest BCUT2D eigenvalue weighted by Crippen LogP contribution is -2.22. The van der Waals surface area contributed by atoms with Crippen LogP contribution in [0.25, 0.3) is 0 Å². The molecule has 0 bridgehead atoms. The summed E-state index contributed by atoms with van der Waals surface area (Å²) in [7, 11) is 2.20. The fourth-order valence-corrected chi connectivity index (χ4v) is 3.31. The van der Waals surface area contributed by atoms with E-state index < -0.39 is 0 Å². The van der Waals surface area contributed by atoms with Crippen molar-refractivity contribution in [3.05, 3.63) is 17.7 Å². The highest BCUT2D eigenvalue weighted by atomic mass is 16.3. The highest BCUT2D eigenvalue weighted by molar-refractivity contribution is 5.08. The molecule has 1 fully saturated rings. The Morgan fingerprint density at radius 2 is 2.22 bits per heavy atom. The van der Waals surface area contributed by atoms with Crippen LogP contribution >= 0.6 is 0 Å². The van der Waals surface area contributed by atoms with Crippen LogP contribution in [0.2, 0.25) is 0 Å². The molecule has 2 aliphatic heterocycles. The monoisotopic (exact) mass is 249 g/mol. The van der Waals surface area contributed by atoms with E-state index in [4.69, 9.17) is 4.98 Å². The fourth-order valence-electron chi connectivity index (χ4n) is 3.31. The molecular weight excluding hydrogens is 226 g/mol. The predicted octanol–water partition coefficient (Wildman–Crippen LogP) is 0.932. The largest absolute Gasteiger partial charge is 0.396 e. The van der Waals surface area contributed by atoms with E-state index in [9.17, 15) is 5.11 Å². The highest BCUT2D eigenvalue weighted by Gasteiger charge is 2.23. The summed E-state index contributed by atoms with van der Waals surface area (Å²) in [5.41, 5.74) is 1.25. The number of likely N-dealkylation sites (tertiary alicyclic amines) is 1. The zero-order valence-corrected chi connectivity index (χ0v) is 11.2. The smallest absolute Gasteiger partial charge is 0.108 e. The Bertz CT molecular complexity index is 415. The zero-order chi connectivity index (χ0) is 12.5. The van der Waals surface area contributed by atoms with E-state index in [-0.39, 0.29) is 0 Å². The van der Waals surface area contributed by atoms with Gasteiger partial charge in [-0.2, -0.15) is 0 Å². The van der Waals surface area contributed by atoms with Crippen molar-refractivity contribution < 1.29 is 5.11 Å². The standard InChI is InChI=1S/C14H23N3O/c1-16-5-4-11(7-16)6-13-9-17-8-12(10-18)2-3-14(17)15-13/h9,11-12,18H,2-8,10H2,1H3. The maximum absolute atomic E-state index is 9.24. The van der Waals surface area contributed by atoms with Gasteiger partial charge in [-0.3, -0.25) is 0 Å². The topological polar surface area (TPSA) is 41.3 Å². The van der Waals surface area contributed by atoms with E-state index in [1.54, 1.807) is 0 Å². The normalized spacial score (nSPS) is 28.6. The number of aliphatic hydroxyl groups is 1. The van der Waals surface area contributed by atoms with Crippen LogP contribution in [0.4, 0.5) is 0 Å². The molecule has 0 amide bonds. The Hall–Kier alpha value is -0.870. The molecule has 1 saturated heterocycles. The van der Waals surface area contributed by atoms with Crippen LogP contribution in [0.15, 0.2) is 6.20 Å². The molecule has 2 aliphatic rings. The van der Waals surface area contributed by atoms with Crippen molar-refractivity contribution in [2.45, 2.75) is 32.2 Å². The summed E-state index contributed by atoms with van der Waals surface area (Å²) in [4.78, 5) is 7.18. The molecule has 1 N–H and O–H groups in total. The third kappa shape index (κ3) is 2.45. The van der Waals surface area contributed by atoms with Crippen molar-refractivity contribution >= 4 is 0 Å². The summed E-state index contributed by atoms with van der Waals surface area (Å²) in [5.74, 6) is 2.43. The Kier molecular flexibility index (Phi) is 3.39. The van der Waals surface area contributed by atoms with Crippen molar-refractivity contribution in [1.82, 2.24) is 14.5 Å². The maximum Gasteiger partial charge on any atom is 0.108 e. The minimum Gasteiger partial charge on any atom is -0.396 e. The van der Waals surface area contributed by atoms with Gasteiger partial charge in [0.05, 0.1) is 5.69 Å². The molecule has 0 spiro atoms. The van der Waals surface area contributed by atoms with Gasteiger partial charge in [-0.05, 0) is 38.8 Å². The van der Waals surface area contributed by atoms with Gasteiger partial charge >= 0.3 is 0 Å². The van der Waals surface area contributed by atoms with Gasteiger partial charge in [0.2, 0.25) is 0 Å². The summed E-state index contributed by atoms with van der Waals surface area (Å²) >= 11 is 0. The van der Waals surface area contributed by atoms with Crippen LogP contribution in [-0.2, 0) is 19.4 Å². The number of hydrogen-bond acceptors (Lipinski definition) is 3. The minimum atomic E-state index is 0.306. The molecule has 4 heteroatoms. The Balaban J connectivity index is 1.66. The van der Waals surface area contributed by atoms with E-state index in [1.807, 2.05) is 0 Å². The number of nitrogens with zero attached hydrogens (tertiary/aromatic N) is 3. The molecule has 3 rings (SSSR count). The first-order valence-corrected chi connectivity index (χ1v) is 7.09. The Labute approximate surface area is 109 Å². The van der Waals surface area contributed by atoms with Crippen molar-refractivity contribution in [2.75, 3.05) is 26.7 Å². The van der Waals surface area contributed by atoms with E-state index in [0.717, 1.165) is 31.7 Å². The lowest BCUT2D eigenvalue weighted by Gasteiger charge is -2.21. The first kappa shape index (κ1) is 12.2. The van der Waals surface area contributed by atoms with Crippen LogP contribution in [0.3, 0.4) is 0 Å². The molecule has 1 aromatic heterocycles. The third-order valence-electron chi connectivity index (χ3n) is 4.39. The predicted molar refractivity (Wildman–Crippen MR) is 70.4 cm³/mol. The number of aryl methyl sites for hydroxylation is 1. The molecule has 3 heterocycles. The van der Waals surface area contributed by atoms with Gasteiger partial charge in [0.25, 0.3) is 0 Å². The summed E-state index contributed by atoms with van der Waals surface area (Å²) < 4.78 is 2.26. The highest BCUT2D eigenvalue weighted by Crippen LogP contribution is 2.23. The molecule has 4 nitrogen and oxygen atoms in total. The number of aliphatic hydroxyl groups excluding tert-OH is 1. The molecule has 2 unspecified atom stereocenters. The molecule has 1 aromatic rings. The van der Waals surface area contributed by atoms with Crippen molar-refractivity contribution in [3.8, 4) is 0 Å². The maximum atomic E-state index is 9.24. The van der Waals surface area contributed by atoms with Gasteiger partial charge in [0.15, 0.2) is 0 Å². The second kappa shape index (κ2) is 5.02. The average Bonchev–Trinajstić information content (AvgIpc) is 2.94. The number of hydrogen-bond donors (Lipinski definition) is 1. The van der Waals surface area contributed by atoms with Crippen molar-refractivity contribution in [2.24, 2.45) is 11.8 Å². The van der Waals surface area contributed by atoms with Crippen LogP contribution in [0.5, 0.6) is 0 Å². The van der Waals surface area contributed by atoms with E-state index in [1.165, 1.54) is 31.0 Å². The molecular formula is C14H23N3O. The third-order valence-corrected chi connectivity index (χ3v) is 4.39. The lowest BCUT2D eigenvalue weighted by molar-refractivity contribution is 0.190. The summed E-state index contributed by atoms with van der Waals surface area (Å²) in [5, 5.41) is 9.24. The van der Waals surface area contributed by atoms with Crippen molar-refractivity contribution in [3.63, 3.8) is 0 Å². The molecule has 18 heavy (non-hydrogen) atoms. The second-order valence-electron chi connectivity index (χ2n) is 6.01. The van der Waals surface area contributed by atoms with Crippen LogP contribution < -0.4 is 0 Å². The van der Waals surface area contributed by atoms with E-state index >= 15 is 0 Å². The first-order valence-electron chi connectivity index (χ1n) is 7.09. The molecule has 0 aromatic carbocycles. The number of aromatic nitrogens is 2. The second-order valence-corrected chi connectivity index (χ2v) is 6.01. The van der Waals surface area contributed by atoms with Crippen LogP contribution in [0.1, 0.15) is 24.4 Å².